The van der Waals surface area contributed by atoms with Crippen molar-refractivity contribution in [2.24, 2.45) is 5.92 Å². The first-order chi connectivity index (χ1) is 11.9. The third-order valence-electron chi connectivity index (χ3n) is 4.12. The van der Waals surface area contributed by atoms with Gasteiger partial charge < -0.3 is 0 Å². The van der Waals surface area contributed by atoms with Gasteiger partial charge in [0.2, 0.25) is 5.91 Å². The summed E-state index contributed by atoms with van der Waals surface area (Å²) >= 11 is 7.98. The van der Waals surface area contributed by atoms with Crippen molar-refractivity contribution in [2.45, 2.75) is 53.0 Å². The maximum Gasteiger partial charge on any atom is 0.250 e. The van der Waals surface area contributed by atoms with Crippen LogP contribution in [0, 0.1) is 12.8 Å². The lowest BCUT2D eigenvalue weighted by molar-refractivity contribution is -0.111. The largest absolute Gasteiger partial charge is 0.298 e. The van der Waals surface area contributed by atoms with Crippen molar-refractivity contribution in [1.82, 2.24) is 14.8 Å². The molecule has 7 heteroatoms. The third-order valence-corrected chi connectivity index (χ3v) is 5.60. The van der Waals surface area contributed by atoms with Crippen LogP contribution in [0.1, 0.15) is 48.5 Å². The predicted molar refractivity (Wildman–Crippen MR) is 103 cm³/mol. The van der Waals surface area contributed by atoms with Crippen LogP contribution in [0.2, 0.25) is 5.15 Å². The number of carbonyl (C=O) groups excluding carboxylic acids is 1. The van der Waals surface area contributed by atoms with E-state index >= 15 is 0 Å². The Balaban J connectivity index is 1.68. The van der Waals surface area contributed by atoms with E-state index in [1.54, 1.807) is 22.1 Å². The number of halogens is 1. The Morgan fingerprint density at radius 3 is 2.88 bits per heavy atom. The van der Waals surface area contributed by atoms with E-state index in [2.05, 4.69) is 29.2 Å². The molecule has 1 amide bonds. The second kappa shape index (κ2) is 7.70. The zero-order chi connectivity index (χ0) is 18.0. The molecule has 0 aliphatic heterocycles. The molecule has 1 aliphatic carbocycles. The first-order valence-corrected chi connectivity index (χ1v) is 9.84. The molecule has 2 aromatic heterocycles. The molecular formula is C18H23ClN4OS. The Morgan fingerprint density at radius 2 is 2.16 bits per heavy atom. The van der Waals surface area contributed by atoms with Gasteiger partial charge in [-0.05, 0) is 44.6 Å². The Kier molecular flexibility index (Phi) is 5.59. The van der Waals surface area contributed by atoms with Crippen LogP contribution in [0.15, 0.2) is 6.08 Å². The predicted octanol–water partition coefficient (Wildman–Crippen LogP) is 4.49. The second-order valence-corrected chi connectivity index (χ2v) is 8.23. The van der Waals surface area contributed by atoms with E-state index in [-0.39, 0.29) is 5.91 Å². The van der Waals surface area contributed by atoms with Crippen molar-refractivity contribution in [1.29, 1.82) is 0 Å². The smallest absolute Gasteiger partial charge is 0.250 e. The Hall–Kier alpha value is -1.66. The first-order valence-electron chi connectivity index (χ1n) is 8.64. The third kappa shape index (κ3) is 4.30. The maximum absolute atomic E-state index is 12.2. The molecule has 0 saturated heterocycles. The molecular weight excluding hydrogens is 356 g/mol. The Morgan fingerprint density at radius 1 is 1.40 bits per heavy atom. The summed E-state index contributed by atoms with van der Waals surface area (Å²) in [7, 11) is 0. The molecule has 0 atom stereocenters. The van der Waals surface area contributed by atoms with Crippen LogP contribution < -0.4 is 5.32 Å². The summed E-state index contributed by atoms with van der Waals surface area (Å²) in [5, 5.41) is 8.56. The van der Waals surface area contributed by atoms with Crippen LogP contribution in [0.3, 0.4) is 0 Å². The van der Waals surface area contributed by atoms with Crippen LogP contribution in [0.5, 0.6) is 0 Å². The highest BCUT2D eigenvalue weighted by Gasteiger charge is 2.16. The van der Waals surface area contributed by atoms with Gasteiger partial charge in [0.15, 0.2) is 5.13 Å². The van der Waals surface area contributed by atoms with E-state index in [1.807, 2.05) is 6.92 Å². The average molecular weight is 379 g/mol. The average Bonchev–Trinajstić information content (AvgIpc) is 3.06. The molecule has 0 aromatic carbocycles. The number of amides is 1. The number of aryl methyl sites for hydroxylation is 3. The lowest BCUT2D eigenvalue weighted by Crippen LogP contribution is -2.07. The minimum atomic E-state index is -0.196. The zero-order valence-corrected chi connectivity index (χ0v) is 16.4. The number of hydrogen-bond acceptors (Lipinski definition) is 4. The van der Waals surface area contributed by atoms with Crippen molar-refractivity contribution in [3.8, 4) is 0 Å². The van der Waals surface area contributed by atoms with E-state index < -0.39 is 0 Å². The number of thiazole rings is 1. The molecule has 25 heavy (non-hydrogen) atoms. The molecule has 0 spiro atoms. The van der Waals surface area contributed by atoms with Gasteiger partial charge in [-0.15, -0.1) is 11.3 Å². The zero-order valence-electron chi connectivity index (χ0n) is 14.8. The maximum atomic E-state index is 12.2. The number of anilines is 1. The molecule has 0 fully saturated rings. The van der Waals surface area contributed by atoms with Gasteiger partial charge in [-0.3, -0.25) is 14.8 Å². The van der Waals surface area contributed by atoms with Gasteiger partial charge in [-0.25, -0.2) is 4.98 Å². The number of hydrogen-bond donors (Lipinski definition) is 1. The van der Waals surface area contributed by atoms with Crippen LogP contribution in [-0.2, 0) is 24.2 Å². The molecule has 1 N–H and O–H groups in total. The van der Waals surface area contributed by atoms with Gasteiger partial charge in [0.05, 0.1) is 11.4 Å². The fourth-order valence-corrected chi connectivity index (χ4v) is 4.29. The number of fused-ring (bicyclic) bond motifs is 1. The number of nitrogens with zero attached hydrogens (tertiary/aromatic N) is 3. The lowest BCUT2D eigenvalue weighted by Gasteiger charge is -2.06. The number of rotatable bonds is 5. The number of carbonyl (C=O) groups is 1. The van der Waals surface area contributed by atoms with Crippen molar-refractivity contribution >= 4 is 40.1 Å². The Bertz CT molecular complexity index is 783. The topological polar surface area (TPSA) is 59.8 Å². The summed E-state index contributed by atoms with van der Waals surface area (Å²) in [5.41, 5.74) is 2.75. The molecule has 2 heterocycles. The van der Waals surface area contributed by atoms with Gasteiger partial charge in [0.25, 0.3) is 0 Å². The van der Waals surface area contributed by atoms with E-state index in [1.165, 1.54) is 23.8 Å². The quantitative estimate of drug-likeness (QED) is 0.780. The van der Waals surface area contributed by atoms with E-state index in [9.17, 15) is 4.79 Å². The molecule has 5 nitrogen and oxygen atoms in total. The molecule has 2 aromatic rings. The van der Waals surface area contributed by atoms with E-state index in [4.69, 9.17) is 11.6 Å². The summed E-state index contributed by atoms with van der Waals surface area (Å²) < 4.78 is 1.79. The highest BCUT2D eigenvalue weighted by Crippen LogP contribution is 2.29. The summed E-state index contributed by atoms with van der Waals surface area (Å²) in [4.78, 5) is 18.0. The molecule has 0 unspecified atom stereocenters. The van der Waals surface area contributed by atoms with Crippen molar-refractivity contribution in [2.75, 3.05) is 5.32 Å². The highest BCUT2D eigenvalue weighted by molar-refractivity contribution is 7.15. The molecule has 0 radical (unpaired) electrons. The van der Waals surface area contributed by atoms with Crippen LogP contribution in [0.25, 0.3) is 6.08 Å². The SMILES string of the molecule is Cc1nn(CC(C)C)c(Cl)c1/C=C/C(=O)Nc1nc2c(s1)CCCC2. The van der Waals surface area contributed by atoms with Gasteiger partial charge in [0, 0.05) is 23.1 Å². The van der Waals surface area contributed by atoms with Crippen LogP contribution in [0.4, 0.5) is 5.13 Å². The second-order valence-electron chi connectivity index (χ2n) is 6.78. The molecule has 1 aliphatic rings. The standard InChI is InChI=1S/C18H23ClN4OS/c1-11(2)10-23-17(19)13(12(3)22-23)8-9-16(24)21-18-20-14-6-4-5-7-15(14)25-18/h8-9,11H,4-7,10H2,1-3H3,(H,20,21,24)/b9-8+. The van der Waals surface area contributed by atoms with E-state index in [0.717, 1.165) is 36.3 Å². The molecule has 3 rings (SSSR count). The van der Waals surface area contributed by atoms with Crippen molar-refractivity contribution in [3.63, 3.8) is 0 Å². The van der Waals surface area contributed by atoms with Crippen LogP contribution >= 0.6 is 22.9 Å². The number of aromatic nitrogens is 3. The van der Waals surface area contributed by atoms with E-state index in [0.29, 0.717) is 16.2 Å². The van der Waals surface area contributed by atoms with Crippen molar-refractivity contribution < 1.29 is 4.79 Å². The lowest BCUT2D eigenvalue weighted by atomic mass is 10.0. The fourth-order valence-electron chi connectivity index (χ4n) is 2.93. The van der Waals surface area contributed by atoms with Gasteiger partial charge in [-0.1, -0.05) is 25.4 Å². The normalized spacial score (nSPS) is 14.3. The fraction of sp³-hybridized carbons (Fsp3) is 0.500. The summed E-state index contributed by atoms with van der Waals surface area (Å²) in [5.74, 6) is 0.256. The number of nitrogens with one attached hydrogen (secondary N) is 1. The van der Waals surface area contributed by atoms with Crippen molar-refractivity contribution in [3.05, 3.63) is 33.1 Å². The first kappa shape index (κ1) is 18.1. The summed E-state index contributed by atoms with van der Waals surface area (Å²) in [6, 6.07) is 0. The molecule has 0 bridgehead atoms. The highest BCUT2D eigenvalue weighted by atomic mass is 35.5. The Labute approximate surface area is 157 Å². The molecule has 134 valence electrons. The monoisotopic (exact) mass is 378 g/mol. The summed E-state index contributed by atoms with van der Waals surface area (Å²) in [6.45, 7) is 6.88. The summed E-state index contributed by atoms with van der Waals surface area (Å²) in [6.07, 6.45) is 7.70. The molecule has 0 saturated carbocycles. The van der Waals surface area contributed by atoms with Gasteiger partial charge in [0.1, 0.15) is 5.15 Å². The van der Waals surface area contributed by atoms with Crippen LogP contribution in [-0.4, -0.2) is 20.7 Å². The minimum absolute atomic E-state index is 0.196. The van der Waals surface area contributed by atoms with Gasteiger partial charge >= 0.3 is 0 Å². The van der Waals surface area contributed by atoms with Gasteiger partial charge in [-0.2, -0.15) is 5.10 Å². The minimum Gasteiger partial charge on any atom is -0.298 e.